The molecular weight excluding hydrogens is 286 g/mol. The van der Waals surface area contributed by atoms with Crippen molar-refractivity contribution in [2.45, 2.75) is 69.4 Å². The fraction of sp³-hybridized carbons (Fsp3) is 0.700. The van der Waals surface area contributed by atoms with Crippen LogP contribution in [0.15, 0.2) is 18.2 Å². The molecule has 2 bridgehead atoms. The van der Waals surface area contributed by atoms with Crippen molar-refractivity contribution in [2.24, 2.45) is 5.92 Å². The first-order valence-electron chi connectivity index (χ1n) is 9.30. The zero-order chi connectivity index (χ0) is 16.2. The van der Waals surface area contributed by atoms with Crippen LogP contribution in [0.3, 0.4) is 0 Å². The number of aliphatic hydroxyl groups is 1. The van der Waals surface area contributed by atoms with Gasteiger partial charge in [-0.15, -0.1) is 0 Å². The number of likely N-dealkylation sites (tertiary alicyclic amines) is 1. The zero-order valence-corrected chi connectivity index (χ0v) is 14.4. The third-order valence-corrected chi connectivity index (χ3v) is 6.94. The van der Waals surface area contributed by atoms with Gasteiger partial charge in [0, 0.05) is 18.0 Å². The summed E-state index contributed by atoms with van der Waals surface area (Å²) in [6, 6.07) is 6.53. The molecule has 2 aliphatic carbocycles. The maximum absolute atomic E-state index is 10.4. The number of benzene rings is 1. The Morgan fingerprint density at radius 2 is 2.00 bits per heavy atom. The predicted molar refractivity (Wildman–Crippen MR) is 91.7 cm³/mol. The molecule has 1 aromatic carbocycles. The second-order valence-corrected chi connectivity index (χ2v) is 8.08. The summed E-state index contributed by atoms with van der Waals surface area (Å²) in [6.45, 7) is 6.54. The molecule has 3 unspecified atom stereocenters. The molecule has 23 heavy (non-hydrogen) atoms. The first kappa shape index (κ1) is 15.5. The molecule has 3 heteroatoms. The van der Waals surface area contributed by atoms with Crippen LogP contribution in [0.4, 0.5) is 0 Å². The second kappa shape index (κ2) is 5.22. The van der Waals surface area contributed by atoms with Crippen LogP contribution < -0.4 is 0 Å². The van der Waals surface area contributed by atoms with E-state index in [0.717, 1.165) is 45.2 Å². The normalized spacial score (nSPS) is 34.9. The van der Waals surface area contributed by atoms with Crippen LogP contribution in [-0.4, -0.2) is 39.8 Å². The molecule has 2 fully saturated rings. The largest absolute Gasteiger partial charge is 0.508 e. The van der Waals surface area contributed by atoms with E-state index in [1.165, 1.54) is 17.5 Å². The molecule has 1 aromatic rings. The van der Waals surface area contributed by atoms with E-state index in [9.17, 15) is 10.2 Å². The fourth-order valence-electron chi connectivity index (χ4n) is 5.52. The van der Waals surface area contributed by atoms with Crippen LogP contribution in [-0.2, 0) is 11.8 Å². The van der Waals surface area contributed by atoms with Crippen LogP contribution in [0, 0.1) is 5.92 Å². The van der Waals surface area contributed by atoms with E-state index in [1.54, 1.807) is 0 Å². The smallest absolute Gasteiger partial charge is 0.115 e. The zero-order valence-electron chi connectivity index (χ0n) is 14.4. The number of nitrogens with zero attached hydrogens (tertiary/aromatic N) is 1. The molecule has 1 aliphatic heterocycles. The van der Waals surface area contributed by atoms with Gasteiger partial charge in [-0.3, -0.25) is 4.90 Å². The Morgan fingerprint density at radius 3 is 2.65 bits per heavy atom. The maximum atomic E-state index is 10.4. The van der Waals surface area contributed by atoms with Crippen LogP contribution in [0.5, 0.6) is 5.75 Å². The van der Waals surface area contributed by atoms with Gasteiger partial charge in [0.2, 0.25) is 0 Å². The number of hydrogen-bond donors (Lipinski definition) is 2. The molecule has 1 heterocycles. The lowest BCUT2D eigenvalue weighted by Crippen LogP contribution is -2.60. The SMILES string of the molecule is CCC1C2Cc3ccc(O)cc3C1(CC)CCN2CC1(O)CC1. The number of piperidine rings is 1. The Bertz CT molecular complexity index is 610. The molecular formula is C20H29NO2. The third-order valence-electron chi connectivity index (χ3n) is 6.94. The summed E-state index contributed by atoms with van der Waals surface area (Å²) in [5, 5.41) is 20.4. The Morgan fingerprint density at radius 1 is 1.22 bits per heavy atom. The number of phenols is 1. The molecule has 1 saturated heterocycles. The third kappa shape index (κ3) is 2.32. The molecule has 2 N–H and O–H groups in total. The minimum Gasteiger partial charge on any atom is -0.508 e. The average molecular weight is 315 g/mol. The number of fused-ring (bicyclic) bond motifs is 4. The summed E-state index contributed by atoms with van der Waals surface area (Å²) < 4.78 is 0. The van der Waals surface area contributed by atoms with Crippen molar-refractivity contribution < 1.29 is 10.2 Å². The van der Waals surface area contributed by atoms with Gasteiger partial charge in [-0.25, -0.2) is 0 Å². The predicted octanol–water partition coefficient (Wildman–Crippen LogP) is 3.22. The van der Waals surface area contributed by atoms with Gasteiger partial charge in [-0.1, -0.05) is 26.3 Å². The summed E-state index contributed by atoms with van der Waals surface area (Å²) in [5.41, 5.74) is 2.61. The van der Waals surface area contributed by atoms with Crippen molar-refractivity contribution in [1.82, 2.24) is 4.90 Å². The second-order valence-electron chi connectivity index (χ2n) is 8.08. The number of β-amino-alcohol motifs (C(OH)–C–C–N with tert-alkyl or cyclic N) is 1. The number of phenolic OH excluding ortho intramolecular Hbond substituents is 1. The Labute approximate surface area is 139 Å². The summed E-state index contributed by atoms with van der Waals surface area (Å²) in [6.07, 6.45) is 6.45. The topological polar surface area (TPSA) is 43.7 Å². The summed E-state index contributed by atoms with van der Waals surface area (Å²) in [4.78, 5) is 2.57. The van der Waals surface area contributed by atoms with Crippen molar-refractivity contribution in [2.75, 3.05) is 13.1 Å². The van der Waals surface area contributed by atoms with Crippen LogP contribution in [0.2, 0.25) is 0 Å². The van der Waals surface area contributed by atoms with Crippen molar-refractivity contribution in [1.29, 1.82) is 0 Å². The highest BCUT2D eigenvalue weighted by Crippen LogP contribution is 2.53. The van der Waals surface area contributed by atoms with Crippen molar-refractivity contribution in [3.05, 3.63) is 29.3 Å². The van der Waals surface area contributed by atoms with Crippen molar-refractivity contribution in [3.8, 4) is 5.75 Å². The minimum atomic E-state index is -0.403. The van der Waals surface area contributed by atoms with Gasteiger partial charge in [0.1, 0.15) is 5.75 Å². The van der Waals surface area contributed by atoms with Gasteiger partial charge in [-0.2, -0.15) is 0 Å². The van der Waals surface area contributed by atoms with Gasteiger partial charge in [-0.05, 0) is 67.8 Å². The van der Waals surface area contributed by atoms with E-state index in [-0.39, 0.29) is 5.41 Å². The fourth-order valence-corrected chi connectivity index (χ4v) is 5.52. The number of hydrogen-bond acceptors (Lipinski definition) is 3. The van der Waals surface area contributed by atoms with E-state index in [4.69, 9.17) is 0 Å². The highest BCUT2D eigenvalue weighted by molar-refractivity contribution is 5.44. The standard InChI is InChI=1S/C20H29NO2/c1-3-16-18-11-14-5-6-15(22)12-17(14)20(16,4-2)9-10-21(18)13-19(23)7-8-19/h5-6,12,16,18,22-23H,3-4,7-11,13H2,1-2H3. The van der Waals surface area contributed by atoms with Crippen LogP contribution in [0.1, 0.15) is 57.1 Å². The Kier molecular flexibility index (Phi) is 3.51. The molecule has 3 atom stereocenters. The van der Waals surface area contributed by atoms with Crippen molar-refractivity contribution in [3.63, 3.8) is 0 Å². The maximum Gasteiger partial charge on any atom is 0.115 e. The highest BCUT2D eigenvalue weighted by Gasteiger charge is 2.53. The van der Waals surface area contributed by atoms with Gasteiger partial charge in [0.05, 0.1) is 5.60 Å². The van der Waals surface area contributed by atoms with Crippen molar-refractivity contribution >= 4 is 0 Å². The van der Waals surface area contributed by atoms with Crippen LogP contribution in [0.25, 0.3) is 0 Å². The first-order valence-corrected chi connectivity index (χ1v) is 9.30. The van der Waals surface area contributed by atoms with Gasteiger partial charge in [0.25, 0.3) is 0 Å². The average Bonchev–Trinajstić information content (AvgIpc) is 3.27. The molecule has 0 amide bonds. The lowest BCUT2D eigenvalue weighted by Gasteiger charge is -2.57. The van der Waals surface area contributed by atoms with E-state index in [0.29, 0.717) is 17.7 Å². The number of rotatable bonds is 4. The molecule has 1 saturated carbocycles. The minimum absolute atomic E-state index is 0.203. The molecule has 0 spiro atoms. The van der Waals surface area contributed by atoms with E-state index in [1.807, 2.05) is 12.1 Å². The molecule has 3 aliphatic rings. The van der Waals surface area contributed by atoms with E-state index in [2.05, 4.69) is 24.8 Å². The number of aromatic hydroxyl groups is 1. The molecule has 0 aromatic heterocycles. The first-order chi connectivity index (χ1) is 11.0. The summed E-state index contributed by atoms with van der Waals surface area (Å²) in [7, 11) is 0. The molecule has 126 valence electrons. The lowest BCUT2D eigenvalue weighted by molar-refractivity contribution is -0.0213. The van der Waals surface area contributed by atoms with Gasteiger partial charge < -0.3 is 10.2 Å². The molecule has 0 radical (unpaired) electrons. The quantitative estimate of drug-likeness (QED) is 0.896. The highest BCUT2D eigenvalue weighted by atomic mass is 16.3. The van der Waals surface area contributed by atoms with Crippen LogP contribution >= 0.6 is 0 Å². The Hall–Kier alpha value is -1.06. The summed E-state index contributed by atoms with van der Waals surface area (Å²) >= 11 is 0. The lowest BCUT2D eigenvalue weighted by atomic mass is 9.55. The van der Waals surface area contributed by atoms with Gasteiger partial charge >= 0.3 is 0 Å². The van der Waals surface area contributed by atoms with Gasteiger partial charge in [0.15, 0.2) is 0 Å². The monoisotopic (exact) mass is 315 g/mol. The molecule has 4 rings (SSSR count). The van der Waals surface area contributed by atoms with E-state index < -0.39 is 5.60 Å². The van der Waals surface area contributed by atoms with E-state index >= 15 is 0 Å². The molecule has 3 nitrogen and oxygen atoms in total. The summed E-state index contributed by atoms with van der Waals surface area (Å²) in [5.74, 6) is 1.03. The Balaban J connectivity index is 1.75.